The van der Waals surface area contributed by atoms with Crippen LogP contribution in [0.3, 0.4) is 0 Å². The van der Waals surface area contributed by atoms with E-state index < -0.39 is 12.2 Å². The summed E-state index contributed by atoms with van der Waals surface area (Å²) < 4.78 is 0. The topological polar surface area (TPSA) is 76.2 Å². The second kappa shape index (κ2) is 11.4. The van der Waals surface area contributed by atoms with Crippen LogP contribution in [0.2, 0.25) is 0 Å². The van der Waals surface area contributed by atoms with E-state index in [1.165, 1.54) is 0 Å². The molecule has 0 spiro atoms. The van der Waals surface area contributed by atoms with E-state index in [1.54, 1.807) is 14.9 Å². The minimum Gasteiger partial charge on any atom is -0.334 e. The van der Waals surface area contributed by atoms with Crippen molar-refractivity contribution in [1.29, 1.82) is 0 Å². The molecule has 2 saturated heterocycles. The normalized spacial score (nSPS) is 21.9. The van der Waals surface area contributed by atoms with E-state index in [1.807, 2.05) is 49.1 Å². The molecule has 8 nitrogen and oxygen atoms in total. The molecule has 1 aromatic rings. The number of rotatable bonds is 8. The minimum atomic E-state index is -0.609. The van der Waals surface area contributed by atoms with Crippen LogP contribution in [0, 0.1) is 18.3 Å². The van der Waals surface area contributed by atoms with Crippen LogP contribution in [0.15, 0.2) is 30.3 Å². The molecule has 1 aromatic carbocycles. The minimum absolute atomic E-state index is 0.0253. The third kappa shape index (κ3) is 5.05. The Morgan fingerprint density at radius 1 is 1.15 bits per heavy atom. The van der Waals surface area contributed by atoms with Crippen molar-refractivity contribution in [3.05, 3.63) is 35.9 Å². The van der Waals surface area contributed by atoms with Gasteiger partial charge in [0, 0.05) is 12.6 Å². The maximum absolute atomic E-state index is 13.6. The first-order valence-electron chi connectivity index (χ1n) is 12.3. The lowest BCUT2D eigenvalue weighted by atomic mass is 9.91. The maximum Gasteiger partial charge on any atom is 0.334 e. The van der Waals surface area contributed by atoms with Gasteiger partial charge in [0.1, 0.15) is 12.2 Å². The molecule has 3 rings (SSSR count). The third-order valence-corrected chi connectivity index (χ3v) is 7.04. The van der Waals surface area contributed by atoms with Gasteiger partial charge in [-0.15, -0.1) is 6.42 Å². The summed E-state index contributed by atoms with van der Waals surface area (Å²) in [6.45, 7) is 8.85. The van der Waals surface area contributed by atoms with Gasteiger partial charge in [-0.05, 0) is 24.3 Å². The number of urea groups is 1. The van der Waals surface area contributed by atoms with E-state index >= 15 is 0 Å². The summed E-state index contributed by atoms with van der Waals surface area (Å²) in [6, 6.07) is 8.77. The molecule has 3 atom stereocenters. The van der Waals surface area contributed by atoms with Crippen molar-refractivity contribution in [2.24, 2.45) is 5.92 Å². The lowest BCUT2D eigenvalue weighted by Crippen LogP contribution is -2.77. The molecular weight excluding hydrogens is 430 g/mol. The number of fused-ring (bicyclic) bond motifs is 1. The number of nitrogens with zero attached hydrogens (tertiary/aromatic N) is 4. The first-order valence-corrected chi connectivity index (χ1v) is 12.3. The average Bonchev–Trinajstić information content (AvgIpc) is 2.84. The molecule has 0 saturated carbocycles. The molecule has 2 aliphatic heterocycles. The van der Waals surface area contributed by atoms with Gasteiger partial charge in [0.15, 0.2) is 0 Å². The summed E-state index contributed by atoms with van der Waals surface area (Å²) >= 11 is 0. The zero-order valence-electron chi connectivity index (χ0n) is 20.7. The molecule has 0 aromatic heterocycles. The number of nitrogens with one attached hydrogen (secondary N) is 1. The highest BCUT2D eigenvalue weighted by molar-refractivity contribution is 5.91. The maximum atomic E-state index is 13.6. The quantitative estimate of drug-likeness (QED) is 0.597. The Morgan fingerprint density at radius 3 is 2.41 bits per heavy atom. The Balaban J connectivity index is 1.98. The van der Waals surface area contributed by atoms with E-state index in [2.05, 4.69) is 25.1 Å². The number of carbonyl (C=O) groups is 3. The van der Waals surface area contributed by atoms with Gasteiger partial charge >= 0.3 is 6.03 Å². The highest BCUT2D eigenvalue weighted by Gasteiger charge is 2.53. The number of terminal acetylenes is 1. The smallest absolute Gasteiger partial charge is 0.334 e. The Kier molecular flexibility index (Phi) is 8.56. The van der Waals surface area contributed by atoms with Crippen molar-refractivity contribution in [2.45, 2.75) is 71.8 Å². The second-order valence-corrected chi connectivity index (χ2v) is 9.09. The van der Waals surface area contributed by atoms with Crippen molar-refractivity contribution in [3.63, 3.8) is 0 Å². The lowest BCUT2D eigenvalue weighted by molar-refractivity contribution is -0.194. The standard InChI is InChI=1S/C26H37N5O3/c1-6-15-28-18-23(32)30-22(31(28)26(34)27-16-20-13-11-10-12-14-20)17-29(21(8-3)9-4)25(33)24(30)19(5)7-2/h1,10-14,19,21-22,24H,7-9,15-18H2,2-5H3,(H,27,34)/t19?,22-,24-/m0/s1. The Hall–Kier alpha value is -3.05. The molecule has 34 heavy (non-hydrogen) atoms. The average molecular weight is 468 g/mol. The van der Waals surface area contributed by atoms with Gasteiger partial charge in [0.2, 0.25) is 11.8 Å². The van der Waals surface area contributed by atoms with Crippen molar-refractivity contribution >= 4 is 17.8 Å². The summed E-state index contributed by atoms with van der Waals surface area (Å²) in [5, 5.41) is 6.18. The van der Waals surface area contributed by atoms with E-state index in [-0.39, 0.29) is 49.4 Å². The van der Waals surface area contributed by atoms with Gasteiger partial charge in [-0.1, -0.05) is 70.4 Å². The number of amides is 4. The Morgan fingerprint density at radius 2 is 1.82 bits per heavy atom. The van der Waals surface area contributed by atoms with Gasteiger partial charge in [0.05, 0.1) is 19.6 Å². The molecule has 2 aliphatic rings. The van der Waals surface area contributed by atoms with Crippen LogP contribution in [0.4, 0.5) is 4.79 Å². The molecule has 1 unspecified atom stereocenters. The fourth-order valence-corrected chi connectivity index (χ4v) is 5.00. The summed E-state index contributed by atoms with van der Waals surface area (Å²) in [5.74, 6) is 2.34. The van der Waals surface area contributed by atoms with Crippen molar-refractivity contribution in [1.82, 2.24) is 25.1 Å². The third-order valence-electron chi connectivity index (χ3n) is 7.04. The van der Waals surface area contributed by atoms with Crippen molar-refractivity contribution < 1.29 is 14.4 Å². The van der Waals surface area contributed by atoms with Crippen LogP contribution in [0.5, 0.6) is 0 Å². The fourth-order valence-electron chi connectivity index (χ4n) is 5.00. The van der Waals surface area contributed by atoms with Gasteiger partial charge in [-0.25, -0.2) is 9.80 Å². The van der Waals surface area contributed by atoms with Crippen molar-refractivity contribution in [3.8, 4) is 12.3 Å². The van der Waals surface area contributed by atoms with E-state index in [0.29, 0.717) is 6.54 Å². The molecule has 2 heterocycles. The number of hydrogen-bond donors (Lipinski definition) is 1. The van der Waals surface area contributed by atoms with E-state index in [4.69, 9.17) is 6.42 Å². The highest BCUT2D eigenvalue weighted by atomic mass is 16.2. The zero-order valence-corrected chi connectivity index (χ0v) is 20.7. The van der Waals surface area contributed by atoms with E-state index in [0.717, 1.165) is 24.8 Å². The van der Waals surface area contributed by atoms with Crippen LogP contribution in [0.1, 0.15) is 52.5 Å². The first-order chi connectivity index (χ1) is 16.4. The first kappa shape index (κ1) is 25.6. The van der Waals surface area contributed by atoms with Gasteiger partial charge in [-0.3, -0.25) is 9.59 Å². The molecule has 0 bridgehead atoms. The molecular formula is C26H37N5O3. The SMILES string of the molecule is C#CCN1CC(=O)N2[C@@H](C(C)CC)C(=O)N(C(CC)CC)C[C@@H]2N1C(=O)NCc1ccccc1. The van der Waals surface area contributed by atoms with Crippen molar-refractivity contribution in [2.75, 3.05) is 19.6 Å². The summed E-state index contributed by atoms with van der Waals surface area (Å²) in [6.07, 6.45) is 7.36. The molecule has 4 amide bonds. The molecule has 0 radical (unpaired) electrons. The van der Waals surface area contributed by atoms with Crippen LogP contribution >= 0.6 is 0 Å². The lowest BCUT2D eigenvalue weighted by Gasteiger charge is -2.56. The summed E-state index contributed by atoms with van der Waals surface area (Å²) in [4.78, 5) is 44.0. The number of benzene rings is 1. The van der Waals surface area contributed by atoms with Crippen LogP contribution in [-0.2, 0) is 16.1 Å². The number of hydrazine groups is 1. The van der Waals surface area contributed by atoms with Crippen LogP contribution in [0.25, 0.3) is 0 Å². The molecule has 184 valence electrons. The van der Waals surface area contributed by atoms with Gasteiger partial charge in [0.25, 0.3) is 0 Å². The number of piperazine rings is 1. The van der Waals surface area contributed by atoms with Gasteiger partial charge < -0.3 is 15.1 Å². The van der Waals surface area contributed by atoms with Crippen LogP contribution in [-0.4, -0.2) is 75.5 Å². The zero-order chi connectivity index (χ0) is 24.8. The largest absolute Gasteiger partial charge is 0.334 e. The Labute approximate surface area is 203 Å². The molecule has 1 N–H and O–H groups in total. The molecule has 0 aliphatic carbocycles. The highest BCUT2D eigenvalue weighted by Crippen LogP contribution is 2.32. The molecule has 2 fully saturated rings. The Bertz CT molecular complexity index is 911. The second-order valence-electron chi connectivity index (χ2n) is 9.09. The predicted molar refractivity (Wildman–Crippen MR) is 131 cm³/mol. The molecule has 8 heteroatoms. The monoisotopic (exact) mass is 467 g/mol. The fraction of sp³-hybridized carbons (Fsp3) is 0.577. The van der Waals surface area contributed by atoms with E-state index in [9.17, 15) is 14.4 Å². The number of hydrogen-bond acceptors (Lipinski definition) is 4. The van der Waals surface area contributed by atoms with Gasteiger partial charge in [-0.2, -0.15) is 5.01 Å². The predicted octanol–water partition coefficient (Wildman–Crippen LogP) is 2.66. The summed E-state index contributed by atoms with van der Waals surface area (Å²) in [5.41, 5.74) is 0.972. The van der Waals surface area contributed by atoms with Crippen LogP contribution < -0.4 is 5.32 Å². The summed E-state index contributed by atoms with van der Waals surface area (Å²) in [7, 11) is 0. The number of carbonyl (C=O) groups excluding carboxylic acids is 3.